The highest BCUT2D eigenvalue weighted by Crippen LogP contribution is 2.34. The summed E-state index contributed by atoms with van der Waals surface area (Å²) in [4.78, 5) is 25.2. The van der Waals surface area contributed by atoms with Gasteiger partial charge in [-0.25, -0.2) is 4.79 Å². The van der Waals surface area contributed by atoms with E-state index < -0.39 is 12.0 Å². The standard InChI is InChI=1S/C14H15Cl2NO4/c1-21-12-9(15)6-8(7-10(12)16)13(18)17-5-3-2-4-11(17)14(19)20/h6-7,11H,2-5H2,1H3,(H,19,20)/t11-/m1/s1. The fraction of sp³-hybridized carbons (Fsp3) is 0.429. The molecule has 21 heavy (non-hydrogen) atoms. The number of likely N-dealkylation sites (tertiary alicyclic amines) is 1. The molecule has 1 saturated heterocycles. The fourth-order valence-corrected chi connectivity index (χ4v) is 3.12. The van der Waals surface area contributed by atoms with Crippen molar-refractivity contribution in [3.8, 4) is 5.75 Å². The summed E-state index contributed by atoms with van der Waals surface area (Å²) in [5.74, 6) is -1.08. The molecule has 0 unspecified atom stereocenters. The van der Waals surface area contributed by atoms with Crippen LogP contribution in [0, 0.1) is 0 Å². The van der Waals surface area contributed by atoms with E-state index in [0.717, 1.165) is 12.8 Å². The number of ether oxygens (including phenoxy) is 1. The molecule has 5 nitrogen and oxygen atoms in total. The summed E-state index contributed by atoms with van der Waals surface area (Å²) in [6.45, 7) is 0.414. The number of halogens is 2. The number of hydrogen-bond donors (Lipinski definition) is 1. The normalized spacial score (nSPS) is 18.4. The Kier molecular flexibility index (Phi) is 4.96. The van der Waals surface area contributed by atoms with Crippen molar-refractivity contribution in [3.05, 3.63) is 27.7 Å². The molecule has 1 aromatic carbocycles. The lowest BCUT2D eigenvalue weighted by molar-refractivity contribution is -0.143. The number of amides is 1. The number of benzene rings is 1. The summed E-state index contributed by atoms with van der Waals surface area (Å²) < 4.78 is 5.03. The Morgan fingerprint density at radius 3 is 2.43 bits per heavy atom. The summed E-state index contributed by atoms with van der Waals surface area (Å²) in [6, 6.07) is 2.09. The number of methoxy groups -OCH3 is 1. The fourth-order valence-electron chi connectivity index (χ4n) is 2.48. The number of carbonyl (C=O) groups excluding carboxylic acids is 1. The average molecular weight is 332 g/mol. The predicted molar refractivity (Wildman–Crippen MR) is 79.3 cm³/mol. The van der Waals surface area contributed by atoms with Gasteiger partial charge in [0.2, 0.25) is 0 Å². The molecule has 0 saturated carbocycles. The van der Waals surface area contributed by atoms with Crippen molar-refractivity contribution in [2.24, 2.45) is 0 Å². The van der Waals surface area contributed by atoms with Crippen LogP contribution in [0.3, 0.4) is 0 Å². The second kappa shape index (κ2) is 6.54. The number of nitrogens with zero attached hydrogens (tertiary/aromatic N) is 1. The lowest BCUT2D eigenvalue weighted by Crippen LogP contribution is -2.48. The van der Waals surface area contributed by atoms with Crippen molar-refractivity contribution in [1.82, 2.24) is 4.90 Å². The van der Waals surface area contributed by atoms with Crippen LogP contribution in [0.15, 0.2) is 12.1 Å². The predicted octanol–water partition coefficient (Wildman–Crippen LogP) is 3.08. The zero-order valence-corrected chi connectivity index (χ0v) is 12.9. The first-order valence-corrected chi connectivity index (χ1v) is 7.28. The molecule has 1 N–H and O–H groups in total. The molecular formula is C14H15Cl2NO4. The van der Waals surface area contributed by atoms with Crippen LogP contribution in [-0.4, -0.2) is 41.6 Å². The van der Waals surface area contributed by atoms with Gasteiger partial charge in [0, 0.05) is 12.1 Å². The van der Waals surface area contributed by atoms with Gasteiger partial charge in [0.05, 0.1) is 17.2 Å². The van der Waals surface area contributed by atoms with Crippen LogP contribution < -0.4 is 4.74 Å². The number of hydrogen-bond acceptors (Lipinski definition) is 3. The minimum absolute atomic E-state index is 0.220. The lowest BCUT2D eigenvalue weighted by atomic mass is 10.0. The summed E-state index contributed by atoms with van der Waals surface area (Å²) >= 11 is 12.0. The molecule has 7 heteroatoms. The Bertz CT molecular complexity index is 553. The van der Waals surface area contributed by atoms with Gasteiger partial charge in [0.1, 0.15) is 6.04 Å². The van der Waals surface area contributed by atoms with Gasteiger partial charge in [-0.1, -0.05) is 23.2 Å². The van der Waals surface area contributed by atoms with Crippen molar-refractivity contribution in [2.45, 2.75) is 25.3 Å². The smallest absolute Gasteiger partial charge is 0.326 e. The van der Waals surface area contributed by atoms with Crippen molar-refractivity contribution >= 4 is 35.1 Å². The third-order valence-electron chi connectivity index (χ3n) is 3.50. The summed E-state index contributed by atoms with van der Waals surface area (Å²) in [5.41, 5.74) is 0.263. The van der Waals surface area contributed by atoms with Crippen LogP contribution in [0.25, 0.3) is 0 Å². The molecule has 2 rings (SSSR count). The third kappa shape index (κ3) is 3.24. The van der Waals surface area contributed by atoms with Gasteiger partial charge in [-0.2, -0.15) is 0 Å². The van der Waals surface area contributed by atoms with Gasteiger partial charge in [-0.3, -0.25) is 4.79 Å². The monoisotopic (exact) mass is 331 g/mol. The van der Waals surface area contributed by atoms with E-state index in [0.29, 0.717) is 18.7 Å². The molecule has 114 valence electrons. The van der Waals surface area contributed by atoms with Crippen LogP contribution in [0.2, 0.25) is 10.0 Å². The second-order valence-corrected chi connectivity index (χ2v) is 5.64. The van der Waals surface area contributed by atoms with Gasteiger partial charge in [-0.05, 0) is 31.4 Å². The van der Waals surface area contributed by atoms with Gasteiger partial charge in [0.25, 0.3) is 5.91 Å². The first kappa shape index (κ1) is 15.9. The lowest BCUT2D eigenvalue weighted by Gasteiger charge is -2.33. The maximum atomic E-state index is 12.5. The largest absolute Gasteiger partial charge is 0.494 e. The number of piperidine rings is 1. The van der Waals surface area contributed by atoms with Crippen LogP contribution in [0.4, 0.5) is 0 Å². The molecule has 1 heterocycles. The first-order valence-electron chi connectivity index (χ1n) is 6.52. The maximum absolute atomic E-state index is 12.5. The van der Waals surface area contributed by atoms with E-state index >= 15 is 0 Å². The quantitative estimate of drug-likeness (QED) is 0.924. The summed E-state index contributed by atoms with van der Waals surface area (Å²) in [5, 5.41) is 9.67. The highest BCUT2D eigenvalue weighted by Gasteiger charge is 2.32. The number of aliphatic carboxylic acids is 1. The number of carboxylic acid groups (broad SMARTS) is 1. The first-order chi connectivity index (χ1) is 9.95. The molecular weight excluding hydrogens is 317 g/mol. The van der Waals surface area contributed by atoms with Crippen LogP contribution in [0.5, 0.6) is 5.75 Å². The Morgan fingerprint density at radius 1 is 1.29 bits per heavy atom. The zero-order valence-electron chi connectivity index (χ0n) is 11.4. The minimum Gasteiger partial charge on any atom is -0.494 e. The summed E-state index contributed by atoms with van der Waals surface area (Å²) in [6.07, 6.45) is 2.04. The molecule has 1 aromatic rings. The molecule has 0 aliphatic carbocycles. The highest BCUT2D eigenvalue weighted by molar-refractivity contribution is 6.37. The van der Waals surface area contributed by atoms with E-state index in [1.807, 2.05) is 0 Å². The van der Waals surface area contributed by atoms with Crippen LogP contribution in [-0.2, 0) is 4.79 Å². The van der Waals surface area contributed by atoms with Crippen molar-refractivity contribution < 1.29 is 19.4 Å². The number of rotatable bonds is 3. The second-order valence-electron chi connectivity index (χ2n) is 4.82. The van der Waals surface area contributed by atoms with E-state index in [1.54, 1.807) is 0 Å². The Labute approximate surface area is 132 Å². The third-order valence-corrected chi connectivity index (χ3v) is 4.06. The Balaban J connectivity index is 2.32. The average Bonchev–Trinajstić information content (AvgIpc) is 2.46. The van der Waals surface area contributed by atoms with Gasteiger partial charge >= 0.3 is 5.97 Å². The van der Waals surface area contributed by atoms with E-state index in [-0.39, 0.29) is 21.5 Å². The number of carboxylic acids is 1. The molecule has 1 amide bonds. The summed E-state index contributed by atoms with van der Waals surface area (Å²) in [7, 11) is 1.43. The van der Waals surface area contributed by atoms with Crippen molar-refractivity contribution in [1.29, 1.82) is 0 Å². The Morgan fingerprint density at radius 2 is 1.90 bits per heavy atom. The van der Waals surface area contributed by atoms with Crippen LogP contribution in [0.1, 0.15) is 29.6 Å². The molecule has 0 radical (unpaired) electrons. The van der Waals surface area contributed by atoms with Gasteiger partial charge < -0.3 is 14.7 Å². The molecule has 1 aliphatic rings. The SMILES string of the molecule is COc1c(Cl)cc(C(=O)N2CCCC[C@@H]2C(=O)O)cc1Cl. The topological polar surface area (TPSA) is 66.8 Å². The van der Waals surface area contributed by atoms with Crippen molar-refractivity contribution in [3.63, 3.8) is 0 Å². The van der Waals surface area contributed by atoms with Crippen molar-refractivity contribution in [2.75, 3.05) is 13.7 Å². The molecule has 1 fully saturated rings. The molecule has 0 spiro atoms. The molecule has 0 bridgehead atoms. The van der Waals surface area contributed by atoms with E-state index in [2.05, 4.69) is 0 Å². The maximum Gasteiger partial charge on any atom is 0.326 e. The van der Waals surface area contributed by atoms with Gasteiger partial charge in [0.15, 0.2) is 5.75 Å². The van der Waals surface area contributed by atoms with Crippen LogP contribution >= 0.6 is 23.2 Å². The molecule has 1 atom stereocenters. The Hall–Kier alpha value is -1.46. The molecule has 0 aromatic heterocycles. The van der Waals surface area contributed by atoms with Gasteiger partial charge in [-0.15, -0.1) is 0 Å². The molecule has 1 aliphatic heterocycles. The highest BCUT2D eigenvalue weighted by atomic mass is 35.5. The zero-order chi connectivity index (χ0) is 15.6. The van der Waals surface area contributed by atoms with E-state index in [4.69, 9.17) is 27.9 Å². The van der Waals surface area contributed by atoms with E-state index in [1.165, 1.54) is 24.1 Å². The minimum atomic E-state index is -0.992. The number of carbonyl (C=O) groups is 2. The van der Waals surface area contributed by atoms with E-state index in [9.17, 15) is 14.7 Å².